The molecule has 0 saturated carbocycles. The van der Waals surface area contributed by atoms with E-state index in [1.807, 2.05) is 5.38 Å². The third-order valence-corrected chi connectivity index (χ3v) is 3.74. The van der Waals surface area contributed by atoms with Crippen molar-refractivity contribution in [3.05, 3.63) is 10.5 Å². The minimum atomic E-state index is 0.273. The first-order valence-corrected chi connectivity index (χ1v) is 6.02. The number of rotatable bonds is 2. The average Bonchev–Trinajstić information content (AvgIpc) is 2.65. The van der Waals surface area contributed by atoms with Crippen LogP contribution in [0.2, 0.25) is 5.15 Å². The number of nitrogens with zero attached hydrogens (tertiary/aromatic N) is 2. The Balaban J connectivity index is 2.04. The fraction of sp³-hybridized carbons (Fsp3) is 0.667. The number of halogens is 1. The van der Waals surface area contributed by atoms with Crippen molar-refractivity contribution >= 4 is 28.1 Å². The van der Waals surface area contributed by atoms with Crippen LogP contribution in [0.15, 0.2) is 5.38 Å². The Labute approximate surface area is 92.3 Å². The molecular weight excluding hydrogens is 220 g/mol. The highest BCUT2D eigenvalue weighted by molar-refractivity contribution is 7.14. The molecule has 0 bridgehead atoms. The van der Waals surface area contributed by atoms with Gasteiger partial charge < -0.3 is 10.0 Å². The summed E-state index contributed by atoms with van der Waals surface area (Å²) in [5.74, 6) is 0.395. The Kier molecular flexibility index (Phi) is 3.26. The highest BCUT2D eigenvalue weighted by Gasteiger charge is 2.21. The first-order chi connectivity index (χ1) is 6.79. The van der Waals surface area contributed by atoms with Crippen LogP contribution in [0.5, 0.6) is 0 Å². The van der Waals surface area contributed by atoms with Gasteiger partial charge in [0.25, 0.3) is 0 Å². The molecule has 1 unspecified atom stereocenters. The van der Waals surface area contributed by atoms with E-state index in [0.717, 1.165) is 31.1 Å². The van der Waals surface area contributed by atoms with Gasteiger partial charge in [0.1, 0.15) is 5.15 Å². The molecule has 1 aromatic heterocycles. The summed E-state index contributed by atoms with van der Waals surface area (Å²) >= 11 is 7.34. The summed E-state index contributed by atoms with van der Waals surface area (Å²) in [6.45, 7) is 2.20. The van der Waals surface area contributed by atoms with Gasteiger partial charge in [-0.2, -0.15) is 0 Å². The molecule has 0 aromatic carbocycles. The van der Waals surface area contributed by atoms with E-state index >= 15 is 0 Å². The van der Waals surface area contributed by atoms with Crippen molar-refractivity contribution in [3.63, 3.8) is 0 Å². The number of thiazole rings is 1. The van der Waals surface area contributed by atoms with Crippen molar-refractivity contribution < 1.29 is 5.11 Å². The van der Waals surface area contributed by atoms with E-state index < -0.39 is 0 Å². The Morgan fingerprint density at radius 2 is 2.57 bits per heavy atom. The lowest BCUT2D eigenvalue weighted by Gasteiger charge is -2.31. The van der Waals surface area contributed by atoms with Gasteiger partial charge in [0.05, 0.1) is 0 Å². The van der Waals surface area contributed by atoms with Gasteiger partial charge >= 0.3 is 0 Å². The number of aliphatic hydroxyl groups excluding tert-OH is 1. The maximum atomic E-state index is 9.09. The van der Waals surface area contributed by atoms with Gasteiger partial charge in [0.2, 0.25) is 0 Å². The van der Waals surface area contributed by atoms with E-state index in [9.17, 15) is 0 Å². The summed E-state index contributed by atoms with van der Waals surface area (Å²) in [4.78, 5) is 6.44. The third-order valence-electron chi connectivity index (χ3n) is 2.51. The molecule has 1 aromatic rings. The summed E-state index contributed by atoms with van der Waals surface area (Å²) in [7, 11) is 0. The topological polar surface area (TPSA) is 36.4 Å². The summed E-state index contributed by atoms with van der Waals surface area (Å²) in [5.41, 5.74) is 0. The second-order valence-corrected chi connectivity index (χ2v) is 4.81. The lowest BCUT2D eigenvalue weighted by atomic mass is 10.00. The van der Waals surface area contributed by atoms with E-state index in [-0.39, 0.29) is 6.61 Å². The maximum Gasteiger partial charge on any atom is 0.186 e. The molecule has 0 radical (unpaired) electrons. The predicted octanol–water partition coefficient (Wildman–Crippen LogP) is 2.01. The van der Waals surface area contributed by atoms with Gasteiger partial charge in [-0.3, -0.25) is 0 Å². The Morgan fingerprint density at radius 3 is 3.21 bits per heavy atom. The van der Waals surface area contributed by atoms with Crippen LogP contribution in [0.25, 0.3) is 0 Å². The molecule has 1 saturated heterocycles. The normalized spacial score (nSPS) is 22.7. The van der Waals surface area contributed by atoms with Gasteiger partial charge in [0, 0.05) is 25.1 Å². The Hall–Kier alpha value is -0.320. The Morgan fingerprint density at radius 1 is 1.71 bits per heavy atom. The molecule has 0 aliphatic carbocycles. The molecule has 1 fully saturated rings. The molecule has 0 spiro atoms. The number of aliphatic hydroxyl groups is 1. The quantitative estimate of drug-likeness (QED) is 0.848. The molecule has 1 N–H and O–H groups in total. The van der Waals surface area contributed by atoms with E-state index in [0.29, 0.717) is 11.1 Å². The monoisotopic (exact) mass is 232 g/mol. The zero-order valence-corrected chi connectivity index (χ0v) is 9.39. The first kappa shape index (κ1) is 10.2. The largest absolute Gasteiger partial charge is 0.396 e. The number of piperidine rings is 1. The molecule has 1 aliphatic rings. The molecule has 2 heterocycles. The molecule has 3 nitrogen and oxygen atoms in total. The van der Waals surface area contributed by atoms with Gasteiger partial charge in [-0.15, -0.1) is 11.3 Å². The summed E-state index contributed by atoms with van der Waals surface area (Å²) in [6, 6.07) is 0. The molecule has 5 heteroatoms. The predicted molar refractivity (Wildman–Crippen MR) is 59.1 cm³/mol. The highest BCUT2D eigenvalue weighted by Crippen LogP contribution is 2.27. The minimum Gasteiger partial charge on any atom is -0.396 e. The van der Waals surface area contributed by atoms with Gasteiger partial charge in [-0.25, -0.2) is 4.98 Å². The van der Waals surface area contributed by atoms with Crippen molar-refractivity contribution in [1.82, 2.24) is 4.98 Å². The third kappa shape index (κ3) is 2.19. The highest BCUT2D eigenvalue weighted by atomic mass is 35.5. The van der Waals surface area contributed by atoms with E-state index in [1.54, 1.807) is 11.3 Å². The first-order valence-electron chi connectivity index (χ1n) is 4.76. The number of hydrogen-bond acceptors (Lipinski definition) is 4. The SMILES string of the molecule is OCC1CCCN(c2nc(Cl)cs2)C1. The number of aromatic nitrogens is 1. The van der Waals surface area contributed by atoms with Crippen molar-refractivity contribution in [2.45, 2.75) is 12.8 Å². The van der Waals surface area contributed by atoms with Crippen LogP contribution in [-0.2, 0) is 0 Å². The van der Waals surface area contributed by atoms with Gasteiger partial charge in [-0.05, 0) is 18.8 Å². The summed E-state index contributed by atoms with van der Waals surface area (Å²) in [5, 5.41) is 12.5. The van der Waals surface area contributed by atoms with Crippen LogP contribution >= 0.6 is 22.9 Å². The maximum absolute atomic E-state index is 9.09. The second-order valence-electron chi connectivity index (χ2n) is 3.59. The average molecular weight is 233 g/mol. The minimum absolute atomic E-state index is 0.273. The van der Waals surface area contributed by atoms with Crippen molar-refractivity contribution in [3.8, 4) is 0 Å². The Bertz CT molecular complexity index is 305. The lowest BCUT2D eigenvalue weighted by Crippen LogP contribution is -2.36. The fourth-order valence-electron chi connectivity index (χ4n) is 1.78. The zero-order valence-electron chi connectivity index (χ0n) is 7.82. The van der Waals surface area contributed by atoms with E-state index in [1.165, 1.54) is 0 Å². The van der Waals surface area contributed by atoms with Crippen LogP contribution in [0, 0.1) is 5.92 Å². The molecule has 78 valence electrons. The van der Waals surface area contributed by atoms with E-state index in [4.69, 9.17) is 16.7 Å². The molecule has 14 heavy (non-hydrogen) atoms. The van der Waals surface area contributed by atoms with Crippen LogP contribution in [0.1, 0.15) is 12.8 Å². The second kappa shape index (κ2) is 4.47. The zero-order chi connectivity index (χ0) is 9.97. The standard InChI is InChI=1S/C9H13ClN2OS/c10-8-6-14-9(11-8)12-3-1-2-7(4-12)5-13/h6-7,13H,1-5H2. The summed E-state index contributed by atoms with van der Waals surface area (Å²) < 4.78 is 0. The van der Waals surface area contributed by atoms with Crippen LogP contribution in [0.3, 0.4) is 0 Å². The molecule has 1 aliphatic heterocycles. The van der Waals surface area contributed by atoms with Crippen molar-refractivity contribution in [2.75, 3.05) is 24.6 Å². The van der Waals surface area contributed by atoms with E-state index in [2.05, 4.69) is 9.88 Å². The lowest BCUT2D eigenvalue weighted by molar-refractivity contribution is 0.208. The molecular formula is C9H13ClN2OS. The van der Waals surface area contributed by atoms with Gasteiger partial charge in [0.15, 0.2) is 5.13 Å². The van der Waals surface area contributed by atoms with Crippen LogP contribution < -0.4 is 4.90 Å². The van der Waals surface area contributed by atoms with Gasteiger partial charge in [-0.1, -0.05) is 11.6 Å². The van der Waals surface area contributed by atoms with Crippen LogP contribution in [-0.4, -0.2) is 29.8 Å². The molecule has 1 atom stereocenters. The summed E-state index contributed by atoms with van der Waals surface area (Å²) in [6.07, 6.45) is 2.24. The van der Waals surface area contributed by atoms with Crippen molar-refractivity contribution in [2.24, 2.45) is 5.92 Å². The van der Waals surface area contributed by atoms with Crippen LogP contribution in [0.4, 0.5) is 5.13 Å². The smallest absolute Gasteiger partial charge is 0.186 e. The number of anilines is 1. The molecule has 2 rings (SSSR count). The molecule has 0 amide bonds. The fourth-order valence-corrected chi connectivity index (χ4v) is 2.76. The van der Waals surface area contributed by atoms with Crippen molar-refractivity contribution in [1.29, 1.82) is 0 Å². The number of hydrogen-bond donors (Lipinski definition) is 1.